The summed E-state index contributed by atoms with van der Waals surface area (Å²) in [7, 11) is 3.14. The van der Waals surface area contributed by atoms with Crippen molar-refractivity contribution in [2.75, 3.05) is 39.2 Å². The van der Waals surface area contributed by atoms with Gasteiger partial charge in [-0.2, -0.15) is 0 Å². The molecule has 0 aromatic heterocycles. The summed E-state index contributed by atoms with van der Waals surface area (Å²) in [6, 6.07) is 13.1. The Kier molecular flexibility index (Phi) is 7.72. The molecule has 1 heterocycles. The first-order valence-electron chi connectivity index (χ1n) is 10.4. The molecule has 0 radical (unpaired) electrons. The normalized spacial score (nSPS) is 16.7. The molecule has 0 aliphatic carbocycles. The molecule has 1 amide bonds. The quantitative estimate of drug-likeness (QED) is 0.382. The molecular weight excluding hydrogens is 396 g/mol. The lowest BCUT2D eigenvalue weighted by atomic mass is 9.90. The summed E-state index contributed by atoms with van der Waals surface area (Å²) in [5, 5.41) is 20.1. The molecule has 2 atom stereocenters. The highest BCUT2D eigenvalue weighted by molar-refractivity contribution is 5.94. The third-order valence-electron chi connectivity index (χ3n) is 5.18. The van der Waals surface area contributed by atoms with E-state index in [0.29, 0.717) is 42.5 Å². The lowest BCUT2D eigenvalue weighted by molar-refractivity contribution is -0.116. The van der Waals surface area contributed by atoms with Gasteiger partial charge in [-0.25, -0.2) is 0 Å². The Morgan fingerprint density at radius 3 is 2.77 bits per heavy atom. The van der Waals surface area contributed by atoms with Crippen LogP contribution in [0.25, 0.3) is 0 Å². The molecule has 2 aromatic carbocycles. The Balaban J connectivity index is 1.69. The zero-order valence-electron chi connectivity index (χ0n) is 18.1. The average Bonchev–Trinajstić information content (AvgIpc) is 2.79. The van der Waals surface area contributed by atoms with E-state index in [1.807, 2.05) is 31.2 Å². The number of aliphatic hydroxyl groups is 1. The van der Waals surface area contributed by atoms with E-state index in [2.05, 4.69) is 20.9 Å². The van der Waals surface area contributed by atoms with Crippen molar-refractivity contribution in [3.8, 4) is 11.5 Å². The maximum Gasteiger partial charge on any atom is 0.225 e. The fourth-order valence-corrected chi connectivity index (χ4v) is 3.62. The average molecular weight is 427 g/mol. The van der Waals surface area contributed by atoms with E-state index in [1.54, 1.807) is 32.4 Å². The number of aliphatic imine (C=N–C) groups is 1. The second-order valence-electron chi connectivity index (χ2n) is 7.26. The van der Waals surface area contributed by atoms with Crippen LogP contribution in [0.15, 0.2) is 47.5 Å². The summed E-state index contributed by atoms with van der Waals surface area (Å²) in [5.74, 6) is 1.83. The minimum atomic E-state index is -0.860. The molecule has 0 fully saturated rings. The number of methoxy groups -OCH3 is 2. The van der Waals surface area contributed by atoms with Crippen molar-refractivity contribution in [1.29, 1.82) is 0 Å². The van der Waals surface area contributed by atoms with Gasteiger partial charge in [0.05, 0.1) is 20.8 Å². The third kappa shape index (κ3) is 5.67. The third-order valence-corrected chi connectivity index (χ3v) is 5.18. The number of para-hydroxylation sites is 1. The lowest BCUT2D eigenvalue weighted by Gasteiger charge is -2.26. The number of hydrogen-bond donors (Lipinski definition) is 4. The summed E-state index contributed by atoms with van der Waals surface area (Å²) in [4.78, 5) is 16.6. The van der Waals surface area contributed by atoms with Gasteiger partial charge < -0.3 is 30.5 Å². The van der Waals surface area contributed by atoms with Crippen LogP contribution in [-0.2, 0) is 4.79 Å². The number of carbonyl (C=O) groups excluding carboxylic acids is 1. The number of guanidine groups is 1. The summed E-state index contributed by atoms with van der Waals surface area (Å²) < 4.78 is 10.6. The van der Waals surface area contributed by atoms with E-state index in [4.69, 9.17) is 9.47 Å². The molecular formula is C23H30N4O4. The van der Waals surface area contributed by atoms with Gasteiger partial charge in [-0.3, -0.25) is 9.79 Å². The summed E-state index contributed by atoms with van der Waals surface area (Å²) in [6.45, 7) is 3.34. The van der Waals surface area contributed by atoms with Crippen LogP contribution in [0.2, 0.25) is 0 Å². The first kappa shape index (κ1) is 22.4. The van der Waals surface area contributed by atoms with Crippen LogP contribution < -0.4 is 25.4 Å². The van der Waals surface area contributed by atoms with Gasteiger partial charge >= 0.3 is 0 Å². The van der Waals surface area contributed by atoms with Crippen LogP contribution in [0.3, 0.4) is 0 Å². The number of fused-ring (bicyclic) bond motifs is 1. The first-order chi connectivity index (χ1) is 15.0. The zero-order valence-corrected chi connectivity index (χ0v) is 18.1. The van der Waals surface area contributed by atoms with Crippen LogP contribution in [0.5, 0.6) is 11.5 Å². The predicted molar refractivity (Wildman–Crippen MR) is 121 cm³/mol. The summed E-state index contributed by atoms with van der Waals surface area (Å²) >= 11 is 0. The number of nitrogens with zero attached hydrogens (tertiary/aromatic N) is 1. The zero-order chi connectivity index (χ0) is 22.2. The van der Waals surface area contributed by atoms with Gasteiger partial charge in [-0.05, 0) is 36.8 Å². The number of hydrogen-bond acceptors (Lipinski definition) is 5. The monoisotopic (exact) mass is 426 g/mol. The fraction of sp³-hybridized carbons (Fsp3) is 0.391. The molecule has 0 spiro atoms. The van der Waals surface area contributed by atoms with E-state index >= 15 is 0 Å². The Morgan fingerprint density at radius 2 is 2.03 bits per heavy atom. The Bertz CT molecular complexity index is 932. The smallest absolute Gasteiger partial charge is 0.225 e. The van der Waals surface area contributed by atoms with Gasteiger partial charge in [-0.1, -0.05) is 18.2 Å². The van der Waals surface area contributed by atoms with Crippen molar-refractivity contribution in [3.05, 3.63) is 53.6 Å². The molecule has 8 nitrogen and oxygen atoms in total. The SMILES string of the molecule is CCNC(=NCC(O)c1cc(OC)ccc1OC)NCC1CC(=O)Nc2ccccc21. The molecule has 4 N–H and O–H groups in total. The highest BCUT2D eigenvalue weighted by Crippen LogP contribution is 2.31. The maximum absolute atomic E-state index is 12.1. The number of benzene rings is 2. The van der Waals surface area contributed by atoms with Gasteiger partial charge in [0.15, 0.2) is 5.96 Å². The highest BCUT2D eigenvalue weighted by atomic mass is 16.5. The molecule has 2 unspecified atom stereocenters. The second-order valence-corrected chi connectivity index (χ2v) is 7.26. The van der Waals surface area contributed by atoms with Crippen LogP contribution in [0.4, 0.5) is 5.69 Å². The van der Waals surface area contributed by atoms with Crippen LogP contribution in [-0.4, -0.2) is 50.8 Å². The van der Waals surface area contributed by atoms with Gasteiger partial charge in [0.25, 0.3) is 0 Å². The Hall–Kier alpha value is -3.26. The molecule has 2 aromatic rings. The molecule has 8 heteroatoms. The van der Waals surface area contributed by atoms with Crippen molar-refractivity contribution in [2.45, 2.75) is 25.4 Å². The molecule has 3 rings (SSSR count). The van der Waals surface area contributed by atoms with Crippen molar-refractivity contribution < 1.29 is 19.4 Å². The maximum atomic E-state index is 12.1. The van der Waals surface area contributed by atoms with Crippen molar-refractivity contribution >= 4 is 17.6 Å². The van der Waals surface area contributed by atoms with E-state index in [1.165, 1.54) is 0 Å². The number of carbonyl (C=O) groups is 1. The van der Waals surface area contributed by atoms with E-state index in [-0.39, 0.29) is 18.4 Å². The topological polar surface area (TPSA) is 104 Å². The van der Waals surface area contributed by atoms with Crippen LogP contribution >= 0.6 is 0 Å². The Labute approximate surface area is 182 Å². The molecule has 0 saturated carbocycles. The highest BCUT2D eigenvalue weighted by Gasteiger charge is 2.24. The number of amides is 1. The largest absolute Gasteiger partial charge is 0.497 e. The Morgan fingerprint density at radius 1 is 1.23 bits per heavy atom. The summed E-state index contributed by atoms with van der Waals surface area (Å²) in [6.07, 6.45) is -0.450. The van der Waals surface area contributed by atoms with Crippen molar-refractivity contribution in [2.24, 2.45) is 4.99 Å². The van der Waals surface area contributed by atoms with E-state index < -0.39 is 6.10 Å². The van der Waals surface area contributed by atoms with E-state index in [0.717, 1.165) is 11.3 Å². The van der Waals surface area contributed by atoms with Crippen molar-refractivity contribution in [1.82, 2.24) is 10.6 Å². The number of ether oxygens (including phenoxy) is 2. The predicted octanol–water partition coefficient (Wildman–Crippen LogP) is 2.42. The minimum absolute atomic E-state index is 0.00739. The van der Waals surface area contributed by atoms with Gasteiger partial charge in [0.1, 0.15) is 17.6 Å². The second kappa shape index (κ2) is 10.7. The number of nitrogens with one attached hydrogen (secondary N) is 3. The summed E-state index contributed by atoms with van der Waals surface area (Å²) in [5.41, 5.74) is 2.57. The molecule has 1 aliphatic rings. The fourth-order valence-electron chi connectivity index (χ4n) is 3.62. The van der Waals surface area contributed by atoms with Gasteiger partial charge in [0, 0.05) is 36.7 Å². The van der Waals surface area contributed by atoms with Gasteiger partial charge in [0.2, 0.25) is 5.91 Å². The van der Waals surface area contributed by atoms with Crippen LogP contribution in [0.1, 0.15) is 36.5 Å². The molecule has 1 aliphatic heterocycles. The number of anilines is 1. The first-order valence-corrected chi connectivity index (χ1v) is 10.4. The van der Waals surface area contributed by atoms with Gasteiger partial charge in [-0.15, -0.1) is 0 Å². The molecule has 0 saturated heterocycles. The lowest BCUT2D eigenvalue weighted by Crippen LogP contribution is -2.41. The molecule has 31 heavy (non-hydrogen) atoms. The van der Waals surface area contributed by atoms with E-state index in [9.17, 15) is 9.90 Å². The number of rotatable bonds is 8. The standard InChI is InChI=1S/C23H30N4O4/c1-4-24-23(25-13-15-11-22(29)27-19-8-6-5-7-17(15)19)26-14-20(28)18-12-16(30-2)9-10-21(18)31-3/h5-10,12,15,20,28H,4,11,13-14H2,1-3H3,(H,27,29)(H2,24,25,26). The van der Waals surface area contributed by atoms with Crippen LogP contribution in [0, 0.1) is 0 Å². The number of aliphatic hydroxyl groups excluding tert-OH is 1. The molecule has 0 bridgehead atoms. The molecule has 166 valence electrons. The van der Waals surface area contributed by atoms with Crippen molar-refractivity contribution in [3.63, 3.8) is 0 Å². The minimum Gasteiger partial charge on any atom is -0.497 e.